The van der Waals surface area contributed by atoms with Crippen LogP contribution in [-0.4, -0.2) is 0 Å². The van der Waals surface area contributed by atoms with Crippen molar-refractivity contribution in [2.45, 2.75) is 40.0 Å². The van der Waals surface area contributed by atoms with Crippen LogP contribution < -0.4 is 0 Å². The predicted molar refractivity (Wildman–Crippen MR) is 67.6 cm³/mol. The second-order valence-electron chi connectivity index (χ2n) is 3.27. The molecule has 0 fully saturated rings. The molecule has 13 heavy (non-hydrogen) atoms. The Morgan fingerprint density at radius 3 is 1.62 bits per heavy atom. The minimum atomic E-state index is 0. The molecule has 0 heterocycles. The van der Waals surface area contributed by atoms with Crippen LogP contribution in [-0.2, 0) is 0 Å². The van der Waals surface area contributed by atoms with Crippen molar-refractivity contribution < 1.29 is 0 Å². The average molecular weight is 198 g/mol. The maximum Gasteiger partial charge on any atom is -0.0219 e. The van der Waals surface area contributed by atoms with E-state index < -0.39 is 0 Å². The van der Waals surface area contributed by atoms with Crippen molar-refractivity contribution in [2.24, 2.45) is 0 Å². The van der Waals surface area contributed by atoms with Gasteiger partial charge < -0.3 is 0 Å². The predicted octanol–water partition coefficient (Wildman–Crippen LogP) is 4.28. The lowest BCUT2D eigenvalue weighted by Crippen LogP contribution is -1.83. The smallest absolute Gasteiger partial charge is 0.0219 e. The van der Waals surface area contributed by atoms with E-state index in [1.165, 1.54) is 12.0 Å². The molecule has 0 nitrogen and oxygen atoms in total. The first-order valence-corrected chi connectivity index (χ1v) is 4.77. The van der Waals surface area contributed by atoms with Gasteiger partial charge in [0.05, 0.1) is 0 Å². The summed E-state index contributed by atoms with van der Waals surface area (Å²) in [5, 5.41) is 0. The van der Waals surface area contributed by atoms with Crippen molar-refractivity contribution in [3.8, 4) is 0 Å². The summed E-state index contributed by atoms with van der Waals surface area (Å²) in [5.74, 6) is 0.659. The maximum atomic E-state index is 2.20. The molecular formula is C12H23P. The van der Waals surface area contributed by atoms with Gasteiger partial charge in [0.2, 0.25) is 0 Å². The third-order valence-electron chi connectivity index (χ3n) is 1.47. The molecule has 1 atom stereocenters. The van der Waals surface area contributed by atoms with Crippen LogP contribution in [0.1, 0.15) is 45.6 Å². The quantitative estimate of drug-likeness (QED) is 0.591. The zero-order valence-corrected chi connectivity index (χ0v) is 10.8. The Labute approximate surface area is 86.4 Å². The Morgan fingerprint density at radius 2 is 1.38 bits per heavy atom. The average Bonchev–Trinajstić information content (AvgIpc) is 2.07. The molecule has 0 aromatic heterocycles. The lowest BCUT2D eigenvalue weighted by Gasteiger charge is -2.01. The van der Waals surface area contributed by atoms with Gasteiger partial charge in [0.25, 0.3) is 0 Å². The van der Waals surface area contributed by atoms with E-state index in [0.29, 0.717) is 5.92 Å². The van der Waals surface area contributed by atoms with Gasteiger partial charge in [-0.1, -0.05) is 64.4 Å². The summed E-state index contributed by atoms with van der Waals surface area (Å²) in [4.78, 5) is 0. The van der Waals surface area contributed by atoms with E-state index in [1.807, 2.05) is 6.07 Å². The Morgan fingerprint density at radius 1 is 1.00 bits per heavy atom. The largest absolute Gasteiger partial charge is 0.153 e. The van der Waals surface area contributed by atoms with Crippen LogP contribution in [0, 0.1) is 0 Å². The molecule has 1 rings (SSSR count). The minimum Gasteiger partial charge on any atom is -0.153 e. The summed E-state index contributed by atoms with van der Waals surface area (Å²) < 4.78 is 0. The summed E-state index contributed by atoms with van der Waals surface area (Å²) in [5.41, 5.74) is 1.41. The van der Waals surface area contributed by atoms with Crippen molar-refractivity contribution in [2.75, 3.05) is 0 Å². The molecule has 0 saturated heterocycles. The van der Waals surface area contributed by atoms with Crippen LogP contribution in [0.4, 0.5) is 0 Å². The van der Waals surface area contributed by atoms with Crippen molar-refractivity contribution in [3.63, 3.8) is 0 Å². The van der Waals surface area contributed by atoms with Crippen molar-refractivity contribution in [3.05, 3.63) is 35.9 Å². The molecule has 0 spiro atoms. The molecule has 1 aromatic rings. The lowest BCUT2D eigenvalue weighted by atomic mass is 10.0. The first-order valence-electron chi connectivity index (χ1n) is 4.77. The van der Waals surface area contributed by atoms with Gasteiger partial charge in [0, 0.05) is 0 Å². The van der Waals surface area contributed by atoms with Gasteiger partial charge in [0.1, 0.15) is 0 Å². The van der Waals surface area contributed by atoms with Crippen molar-refractivity contribution >= 4 is 9.90 Å². The van der Waals surface area contributed by atoms with Gasteiger partial charge in [-0.25, -0.2) is 0 Å². The second-order valence-corrected chi connectivity index (χ2v) is 3.27. The SMILES string of the molecule is CC(C)c1ccccc1.CCC.P. The molecule has 0 N–H and O–H groups in total. The zero-order chi connectivity index (χ0) is 9.40. The van der Waals surface area contributed by atoms with E-state index in [4.69, 9.17) is 0 Å². The Bertz CT molecular complexity index is 180. The van der Waals surface area contributed by atoms with Gasteiger partial charge in [0.15, 0.2) is 0 Å². The molecule has 0 bridgehead atoms. The molecule has 0 aliphatic rings. The summed E-state index contributed by atoms with van der Waals surface area (Å²) in [6.07, 6.45) is 1.25. The molecule has 0 radical (unpaired) electrons. The van der Waals surface area contributed by atoms with Gasteiger partial charge in [-0.05, 0) is 11.5 Å². The fourth-order valence-electron chi connectivity index (χ4n) is 0.838. The summed E-state index contributed by atoms with van der Waals surface area (Å²) in [6.45, 7) is 8.66. The zero-order valence-electron chi connectivity index (χ0n) is 9.38. The first-order chi connectivity index (χ1) is 5.72. The first kappa shape index (κ1) is 15.1. The van der Waals surface area contributed by atoms with Crippen LogP contribution in [0.5, 0.6) is 0 Å². The lowest BCUT2D eigenvalue weighted by molar-refractivity contribution is 0.867. The Kier molecular flexibility index (Phi) is 11.3. The highest BCUT2D eigenvalue weighted by Crippen LogP contribution is 2.11. The van der Waals surface area contributed by atoms with E-state index in [2.05, 4.69) is 52.0 Å². The van der Waals surface area contributed by atoms with Gasteiger partial charge >= 0.3 is 0 Å². The monoisotopic (exact) mass is 198 g/mol. The summed E-state index contributed by atoms with van der Waals surface area (Å²) >= 11 is 0. The summed E-state index contributed by atoms with van der Waals surface area (Å²) in [7, 11) is 0. The second kappa shape index (κ2) is 9.74. The molecule has 1 unspecified atom stereocenters. The topological polar surface area (TPSA) is 0 Å². The van der Waals surface area contributed by atoms with Crippen LogP contribution in [0.3, 0.4) is 0 Å². The van der Waals surface area contributed by atoms with E-state index in [9.17, 15) is 0 Å². The molecular weight excluding hydrogens is 175 g/mol. The molecule has 0 aliphatic heterocycles. The maximum absolute atomic E-state index is 2.20. The third-order valence-corrected chi connectivity index (χ3v) is 1.47. The Balaban J connectivity index is 0. The number of hydrogen-bond acceptors (Lipinski definition) is 0. The van der Waals surface area contributed by atoms with E-state index in [-0.39, 0.29) is 9.90 Å². The van der Waals surface area contributed by atoms with Crippen molar-refractivity contribution in [1.29, 1.82) is 0 Å². The third kappa shape index (κ3) is 7.99. The fraction of sp³-hybridized carbons (Fsp3) is 0.500. The molecule has 0 aliphatic carbocycles. The number of benzene rings is 1. The highest BCUT2D eigenvalue weighted by molar-refractivity contribution is 6.92. The molecule has 0 saturated carbocycles. The Hall–Kier alpha value is -0.350. The molecule has 0 amide bonds. The molecule has 1 heteroatoms. The summed E-state index contributed by atoms with van der Waals surface area (Å²) in [6, 6.07) is 10.5. The normalized spacial score (nSPS) is 8.38. The molecule has 1 aromatic carbocycles. The van der Waals surface area contributed by atoms with Crippen LogP contribution in [0.25, 0.3) is 0 Å². The standard InChI is InChI=1S/C9H12.C3H8.H3P/c1-8(2)9-6-4-3-5-7-9;1-3-2;/h3-8H,1-2H3;3H2,1-2H3;1H3. The van der Waals surface area contributed by atoms with Gasteiger partial charge in [-0.2, -0.15) is 9.90 Å². The minimum absolute atomic E-state index is 0. The van der Waals surface area contributed by atoms with E-state index in [0.717, 1.165) is 0 Å². The highest BCUT2D eigenvalue weighted by atomic mass is 31.0. The van der Waals surface area contributed by atoms with Crippen molar-refractivity contribution in [1.82, 2.24) is 0 Å². The molecule has 76 valence electrons. The van der Waals surface area contributed by atoms with Crippen LogP contribution in [0.15, 0.2) is 30.3 Å². The fourth-order valence-corrected chi connectivity index (χ4v) is 0.838. The number of rotatable bonds is 1. The van der Waals surface area contributed by atoms with Gasteiger partial charge in [-0.15, -0.1) is 0 Å². The van der Waals surface area contributed by atoms with Crippen LogP contribution in [0.2, 0.25) is 0 Å². The van der Waals surface area contributed by atoms with Crippen LogP contribution >= 0.6 is 9.90 Å². The number of hydrogen-bond donors (Lipinski definition) is 0. The van der Waals surface area contributed by atoms with E-state index in [1.54, 1.807) is 0 Å². The van der Waals surface area contributed by atoms with E-state index >= 15 is 0 Å². The van der Waals surface area contributed by atoms with Gasteiger partial charge in [-0.3, -0.25) is 0 Å². The highest BCUT2D eigenvalue weighted by Gasteiger charge is 1.93.